The van der Waals surface area contributed by atoms with Crippen LogP contribution in [0, 0.1) is 0 Å². The first-order chi connectivity index (χ1) is 15.4. The summed E-state index contributed by atoms with van der Waals surface area (Å²) in [7, 11) is 1.46. The van der Waals surface area contributed by atoms with Crippen LogP contribution in [0.2, 0.25) is 5.02 Å². The molecule has 0 radical (unpaired) electrons. The first-order valence-corrected chi connectivity index (χ1v) is 10.5. The van der Waals surface area contributed by atoms with Gasteiger partial charge in [0.1, 0.15) is 5.75 Å². The van der Waals surface area contributed by atoms with E-state index in [-0.39, 0.29) is 12.4 Å². The number of carbonyl (C=O) groups excluding carboxylic acids is 2. The Morgan fingerprint density at radius 1 is 1.03 bits per heavy atom. The molecule has 0 atom stereocenters. The smallest absolute Gasteiger partial charge is 0.343 e. The van der Waals surface area contributed by atoms with Gasteiger partial charge in [0.25, 0.3) is 5.91 Å². The molecule has 0 fully saturated rings. The molecular weight excluding hydrogens is 500 g/mol. The van der Waals surface area contributed by atoms with E-state index in [1.807, 2.05) is 0 Å². The van der Waals surface area contributed by atoms with Gasteiger partial charge in [0.05, 0.1) is 18.9 Å². The summed E-state index contributed by atoms with van der Waals surface area (Å²) in [6.45, 7) is -0.201. The summed E-state index contributed by atoms with van der Waals surface area (Å²) in [6, 6.07) is 18.4. The summed E-state index contributed by atoms with van der Waals surface area (Å²) in [5.41, 5.74) is 3.41. The summed E-state index contributed by atoms with van der Waals surface area (Å²) in [5, 5.41) is 4.48. The van der Waals surface area contributed by atoms with E-state index < -0.39 is 11.9 Å². The van der Waals surface area contributed by atoms with Gasteiger partial charge in [-0.2, -0.15) is 5.10 Å². The number of esters is 1. The summed E-state index contributed by atoms with van der Waals surface area (Å²) in [4.78, 5) is 24.2. The van der Waals surface area contributed by atoms with Crippen LogP contribution in [0.3, 0.4) is 0 Å². The Labute approximate surface area is 198 Å². The normalized spacial score (nSPS) is 10.6. The highest BCUT2D eigenvalue weighted by molar-refractivity contribution is 9.10. The molecule has 0 saturated carbocycles. The minimum atomic E-state index is -0.509. The van der Waals surface area contributed by atoms with E-state index in [0.29, 0.717) is 27.6 Å². The molecule has 0 saturated heterocycles. The topological polar surface area (TPSA) is 86.2 Å². The molecule has 9 heteroatoms. The van der Waals surface area contributed by atoms with Gasteiger partial charge in [-0.25, -0.2) is 10.2 Å². The lowest BCUT2D eigenvalue weighted by Crippen LogP contribution is -2.24. The van der Waals surface area contributed by atoms with Crippen molar-refractivity contribution in [3.63, 3.8) is 0 Å². The standard InChI is InChI=1S/C23H18BrClN2O5/c1-30-21-12-15(2-11-20(21)32-23(29)16-3-5-17(24)6-4-16)13-26-27-22(28)14-31-19-9-7-18(25)8-10-19/h2-13H,14H2,1H3,(H,27,28). The zero-order valence-corrected chi connectivity index (χ0v) is 19.2. The van der Waals surface area contributed by atoms with Crippen molar-refractivity contribution in [3.8, 4) is 17.2 Å². The quantitative estimate of drug-likeness (QED) is 0.200. The highest BCUT2D eigenvalue weighted by atomic mass is 79.9. The van der Waals surface area contributed by atoms with Crippen LogP contribution >= 0.6 is 27.5 Å². The molecule has 7 nitrogen and oxygen atoms in total. The average Bonchev–Trinajstić information content (AvgIpc) is 2.80. The third-order valence-corrected chi connectivity index (χ3v) is 4.84. The molecule has 164 valence electrons. The first kappa shape index (κ1) is 23.3. The van der Waals surface area contributed by atoms with Gasteiger partial charge in [-0.15, -0.1) is 0 Å². The predicted molar refractivity (Wildman–Crippen MR) is 125 cm³/mol. The number of benzene rings is 3. The molecule has 1 N–H and O–H groups in total. The summed E-state index contributed by atoms with van der Waals surface area (Å²) in [5.74, 6) is 0.190. The van der Waals surface area contributed by atoms with E-state index in [9.17, 15) is 9.59 Å². The van der Waals surface area contributed by atoms with Gasteiger partial charge < -0.3 is 14.2 Å². The second-order valence-corrected chi connectivity index (χ2v) is 7.69. The van der Waals surface area contributed by atoms with Crippen LogP contribution in [0.15, 0.2) is 76.3 Å². The zero-order chi connectivity index (χ0) is 22.9. The second kappa shape index (κ2) is 11.3. The van der Waals surface area contributed by atoms with Crippen LogP contribution in [0.25, 0.3) is 0 Å². The summed E-state index contributed by atoms with van der Waals surface area (Å²) in [6.07, 6.45) is 1.43. The molecule has 0 heterocycles. The summed E-state index contributed by atoms with van der Waals surface area (Å²) < 4.78 is 16.9. The van der Waals surface area contributed by atoms with Gasteiger partial charge in [0.15, 0.2) is 18.1 Å². The van der Waals surface area contributed by atoms with Gasteiger partial charge in [-0.05, 0) is 72.3 Å². The molecule has 3 rings (SSSR count). The molecule has 0 bridgehead atoms. The maximum atomic E-state index is 12.3. The number of methoxy groups -OCH3 is 1. The number of rotatable bonds is 8. The van der Waals surface area contributed by atoms with Crippen molar-refractivity contribution >= 4 is 45.6 Å². The maximum Gasteiger partial charge on any atom is 0.343 e. The maximum absolute atomic E-state index is 12.3. The SMILES string of the molecule is COc1cc(C=NNC(=O)COc2ccc(Cl)cc2)ccc1OC(=O)c1ccc(Br)cc1. The van der Waals surface area contributed by atoms with Gasteiger partial charge in [0, 0.05) is 9.50 Å². The Hall–Kier alpha value is -3.36. The number of nitrogens with one attached hydrogen (secondary N) is 1. The lowest BCUT2D eigenvalue weighted by molar-refractivity contribution is -0.123. The van der Waals surface area contributed by atoms with E-state index in [0.717, 1.165) is 4.47 Å². The van der Waals surface area contributed by atoms with Crippen molar-refractivity contribution in [2.45, 2.75) is 0 Å². The average molecular weight is 518 g/mol. The molecule has 1 amide bonds. The number of hydrazone groups is 1. The van der Waals surface area contributed by atoms with Crippen molar-refractivity contribution in [3.05, 3.63) is 87.4 Å². The van der Waals surface area contributed by atoms with E-state index in [2.05, 4.69) is 26.5 Å². The van der Waals surface area contributed by atoms with E-state index in [4.69, 9.17) is 25.8 Å². The predicted octanol–water partition coefficient (Wildman–Crippen LogP) is 4.86. The number of hydrogen-bond donors (Lipinski definition) is 1. The molecule has 0 aliphatic heterocycles. The van der Waals surface area contributed by atoms with Crippen LogP contribution in [-0.2, 0) is 4.79 Å². The Bertz CT molecular complexity index is 1120. The Balaban J connectivity index is 1.55. The minimum absolute atomic E-state index is 0.201. The number of ether oxygens (including phenoxy) is 3. The fourth-order valence-electron chi connectivity index (χ4n) is 2.48. The van der Waals surface area contributed by atoms with Crippen molar-refractivity contribution in [1.29, 1.82) is 0 Å². The number of amides is 1. The summed E-state index contributed by atoms with van der Waals surface area (Å²) >= 11 is 9.12. The van der Waals surface area contributed by atoms with Crippen molar-refractivity contribution in [2.24, 2.45) is 5.10 Å². The largest absolute Gasteiger partial charge is 0.493 e. The van der Waals surface area contributed by atoms with E-state index in [1.165, 1.54) is 13.3 Å². The lowest BCUT2D eigenvalue weighted by atomic mass is 10.2. The number of halogens is 2. The molecule has 0 unspecified atom stereocenters. The molecule has 0 aliphatic rings. The minimum Gasteiger partial charge on any atom is -0.493 e. The van der Waals surface area contributed by atoms with Crippen molar-refractivity contribution in [2.75, 3.05) is 13.7 Å². The number of hydrogen-bond acceptors (Lipinski definition) is 6. The zero-order valence-electron chi connectivity index (χ0n) is 16.9. The molecule has 3 aromatic carbocycles. The fourth-order valence-corrected chi connectivity index (χ4v) is 2.87. The van der Waals surface area contributed by atoms with E-state index >= 15 is 0 Å². The second-order valence-electron chi connectivity index (χ2n) is 6.34. The molecule has 0 aromatic heterocycles. The van der Waals surface area contributed by atoms with Crippen molar-refractivity contribution < 1.29 is 23.8 Å². The molecule has 3 aromatic rings. The Morgan fingerprint density at radius 3 is 2.44 bits per heavy atom. The Morgan fingerprint density at radius 2 is 1.75 bits per heavy atom. The third-order valence-electron chi connectivity index (χ3n) is 4.06. The van der Waals surface area contributed by atoms with Crippen LogP contribution < -0.4 is 19.6 Å². The van der Waals surface area contributed by atoms with Crippen LogP contribution in [0.1, 0.15) is 15.9 Å². The molecule has 0 spiro atoms. The van der Waals surface area contributed by atoms with E-state index in [1.54, 1.807) is 66.7 Å². The molecule has 0 aliphatic carbocycles. The van der Waals surface area contributed by atoms with Gasteiger partial charge in [-0.1, -0.05) is 27.5 Å². The highest BCUT2D eigenvalue weighted by Gasteiger charge is 2.13. The molecule has 32 heavy (non-hydrogen) atoms. The monoisotopic (exact) mass is 516 g/mol. The number of carbonyl (C=O) groups is 2. The van der Waals surface area contributed by atoms with Crippen molar-refractivity contribution in [1.82, 2.24) is 5.43 Å². The van der Waals surface area contributed by atoms with Gasteiger partial charge in [0.2, 0.25) is 0 Å². The fraction of sp³-hybridized carbons (Fsp3) is 0.0870. The first-order valence-electron chi connectivity index (χ1n) is 9.30. The lowest BCUT2D eigenvalue weighted by Gasteiger charge is -2.10. The van der Waals surface area contributed by atoms with Gasteiger partial charge >= 0.3 is 5.97 Å². The van der Waals surface area contributed by atoms with Crippen LogP contribution in [-0.4, -0.2) is 31.8 Å². The highest BCUT2D eigenvalue weighted by Crippen LogP contribution is 2.28. The van der Waals surface area contributed by atoms with Gasteiger partial charge in [-0.3, -0.25) is 4.79 Å². The molecular formula is C23H18BrClN2O5. The Kier molecular flexibility index (Phi) is 8.24. The van der Waals surface area contributed by atoms with Crippen LogP contribution in [0.4, 0.5) is 0 Å². The number of nitrogens with zero attached hydrogens (tertiary/aromatic N) is 1. The van der Waals surface area contributed by atoms with Crippen LogP contribution in [0.5, 0.6) is 17.2 Å². The third kappa shape index (κ3) is 6.83.